The van der Waals surface area contributed by atoms with Crippen LogP contribution in [0, 0.1) is 0 Å². The average Bonchev–Trinajstić information content (AvgIpc) is 2.82. The van der Waals surface area contributed by atoms with Crippen molar-refractivity contribution in [1.82, 2.24) is 9.88 Å². The minimum Gasteiger partial charge on any atom is -0.399 e. The summed E-state index contributed by atoms with van der Waals surface area (Å²) in [5, 5.41) is 9.96. The molecule has 1 fully saturated rings. The summed E-state index contributed by atoms with van der Waals surface area (Å²) in [6.07, 6.45) is 1.71. The highest BCUT2D eigenvalue weighted by atomic mass is 16.7. The van der Waals surface area contributed by atoms with Gasteiger partial charge in [-0.15, -0.1) is 0 Å². The van der Waals surface area contributed by atoms with Crippen molar-refractivity contribution >= 4 is 18.5 Å². The van der Waals surface area contributed by atoms with Crippen LogP contribution in [0.1, 0.15) is 57.6 Å². The van der Waals surface area contributed by atoms with Crippen molar-refractivity contribution < 1.29 is 19.2 Å². The summed E-state index contributed by atoms with van der Waals surface area (Å²) >= 11 is 0. The van der Waals surface area contributed by atoms with Gasteiger partial charge in [-0.05, 0) is 47.6 Å². The molecule has 1 aromatic rings. The van der Waals surface area contributed by atoms with Gasteiger partial charge in [0, 0.05) is 18.2 Å². The number of carbonyl (C=O) groups excluding carboxylic acids is 1. The van der Waals surface area contributed by atoms with Gasteiger partial charge < -0.3 is 19.3 Å². The van der Waals surface area contributed by atoms with Crippen molar-refractivity contribution in [3.8, 4) is 0 Å². The minimum atomic E-state index is -0.938. The van der Waals surface area contributed by atoms with Gasteiger partial charge >= 0.3 is 7.12 Å². The number of hydrogen-bond donors (Lipinski definition) is 1. The van der Waals surface area contributed by atoms with Crippen LogP contribution in [-0.4, -0.2) is 51.4 Å². The predicted molar refractivity (Wildman–Crippen MR) is 91.0 cm³/mol. The Labute approximate surface area is 143 Å². The fraction of sp³-hybridized carbons (Fsp3) is 0.647. The van der Waals surface area contributed by atoms with E-state index in [1.807, 2.05) is 27.7 Å². The Kier molecular flexibility index (Phi) is 3.83. The van der Waals surface area contributed by atoms with Gasteiger partial charge in [-0.3, -0.25) is 9.78 Å². The molecule has 1 N–H and O–H groups in total. The van der Waals surface area contributed by atoms with Crippen LogP contribution in [0.25, 0.3) is 0 Å². The average molecular weight is 332 g/mol. The highest BCUT2D eigenvalue weighted by Gasteiger charge is 2.52. The number of amides is 1. The van der Waals surface area contributed by atoms with E-state index in [1.54, 1.807) is 31.0 Å². The molecule has 0 unspecified atom stereocenters. The Balaban J connectivity index is 1.84. The third-order valence-corrected chi connectivity index (χ3v) is 4.95. The summed E-state index contributed by atoms with van der Waals surface area (Å²) in [7, 11) is -0.538. The van der Waals surface area contributed by atoms with Gasteiger partial charge in [0.15, 0.2) is 0 Å². The van der Waals surface area contributed by atoms with Crippen LogP contribution < -0.4 is 5.46 Å². The first-order valence-corrected chi connectivity index (χ1v) is 8.26. The van der Waals surface area contributed by atoms with E-state index in [9.17, 15) is 9.90 Å². The van der Waals surface area contributed by atoms with Crippen molar-refractivity contribution in [1.29, 1.82) is 0 Å². The van der Waals surface area contributed by atoms with Gasteiger partial charge in [0.25, 0.3) is 5.91 Å². The molecule has 0 aromatic carbocycles. The molecule has 0 spiro atoms. The van der Waals surface area contributed by atoms with Gasteiger partial charge in [0.05, 0.1) is 34.6 Å². The Bertz CT molecular complexity index is 666. The third-order valence-electron chi connectivity index (χ3n) is 4.95. The number of aliphatic hydroxyl groups is 1. The van der Waals surface area contributed by atoms with Crippen LogP contribution in [0.15, 0.2) is 12.3 Å². The SMILES string of the molecule is CC(C)(O)CN1Cc2ncc(B3OC(C)(C)C(C)(C)O3)cc2C1=O. The van der Waals surface area contributed by atoms with Crippen LogP contribution in [0.4, 0.5) is 0 Å². The molecule has 1 aromatic heterocycles. The standard InChI is InChI=1S/C17H25BN2O4/c1-15(2,22)10-20-9-13-12(14(20)21)7-11(8-19-13)18-23-16(3,4)17(5,6)24-18/h7-8,22H,9-10H2,1-6H3. The lowest BCUT2D eigenvalue weighted by atomic mass is 9.79. The highest BCUT2D eigenvalue weighted by Crippen LogP contribution is 2.36. The first kappa shape index (κ1) is 17.4. The van der Waals surface area contributed by atoms with Crippen LogP contribution >= 0.6 is 0 Å². The Hall–Kier alpha value is -1.44. The van der Waals surface area contributed by atoms with Crippen molar-refractivity contribution in [2.75, 3.05) is 6.54 Å². The van der Waals surface area contributed by atoms with E-state index in [4.69, 9.17) is 9.31 Å². The quantitative estimate of drug-likeness (QED) is 0.840. The first-order valence-electron chi connectivity index (χ1n) is 8.26. The topological polar surface area (TPSA) is 71.9 Å². The fourth-order valence-corrected chi connectivity index (χ4v) is 2.95. The Morgan fingerprint density at radius 3 is 2.42 bits per heavy atom. The number of aromatic nitrogens is 1. The molecule has 2 aliphatic rings. The second-order valence-corrected chi connectivity index (χ2v) is 8.32. The van der Waals surface area contributed by atoms with Crippen LogP contribution in [-0.2, 0) is 15.9 Å². The summed E-state index contributed by atoms with van der Waals surface area (Å²) in [6.45, 7) is 12.0. The van der Waals surface area contributed by atoms with Crippen molar-refractivity contribution in [2.24, 2.45) is 0 Å². The van der Waals surface area contributed by atoms with Crippen molar-refractivity contribution in [2.45, 2.75) is 64.9 Å². The van der Waals surface area contributed by atoms with E-state index >= 15 is 0 Å². The Morgan fingerprint density at radius 1 is 1.29 bits per heavy atom. The molecule has 3 rings (SSSR count). The number of β-amino-alcohol motifs (C(OH)–C–C–N with tert-alkyl or cyclic N) is 1. The molecule has 7 heteroatoms. The van der Waals surface area contributed by atoms with Crippen molar-refractivity contribution in [3.05, 3.63) is 23.5 Å². The monoisotopic (exact) mass is 332 g/mol. The molecule has 1 amide bonds. The molecule has 2 aliphatic heterocycles. The van der Waals surface area contributed by atoms with E-state index in [1.165, 1.54) is 0 Å². The number of fused-ring (bicyclic) bond motifs is 1. The zero-order valence-corrected chi connectivity index (χ0v) is 15.2. The number of rotatable bonds is 3. The number of hydrogen-bond acceptors (Lipinski definition) is 5. The molecule has 0 saturated carbocycles. The summed E-state index contributed by atoms with van der Waals surface area (Å²) in [5.74, 6) is -0.113. The van der Waals surface area contributed by atoms with Gasteiger partial charge in [-0.2, -0.15) is 0 Å². The highest BCUT2D eigenvalue weighted by molar-refractivity contribution is 6.62. The van der Waals surface area contributed by atoms with Gasteiger partial charge in [-0.1, -0.05) is 0 Å². The number of nitrogens with zero attached hydrogens (tertiary/aromatic N) is 2. The molecule has 6 nitrogen and oxygen atoms in total. The molecule has 0 atom stereocenters. The second kappa shape index (κ2) is 5.28. The lowest BCUT2D eigenvalue weighted by Gasteiger charge is -2.32. The molecule has 130 valence electrons. The van der Waals surface area contributed by atoms with E-state index in [2.05, 4.69) is 4.98 Å². The molecular formula is C17H25BN2O4. The van der Waals surface area contributed by atoms with E-state index in [0.717, 1.165) is 11.2 Å². The van der Waals surface area contributed by atoms with Crippen LogP contribution in [0.2, 0.25) is 0 Å². The molecule has 0 radical (unpaired) electrons. The second-order valence-electron chi connectivity index (χ2n) is 8.32. The van der Waals surface area contributed by atoms with Gasteiger partial charge in [-0.25, -0.2) is 0 Å². The van der Waals surface area contributed by atoms with Crippen molar-refractivity contribution in [3.63, 3.8) is 0 Å². The summed E-state index contributed by atoms with van der Waals surface area (Å²) in [5.41, 5.74) is 0.218. The van der Waals surface area contributed by atoms with E-state index in [0.29, 0.717) is 12.1 Å². The smallest absolute Gasteiger partial charge is 0.399 e. The molecule has 0 bridgehead atoms. The largest absolute Gasteiger partial charge is 0.496 e. The summed E-state index contributed by atoms with van der Waals surface area (Å²) in [6, 6.07) is 1.80. The van der Waals surface area contributed by atoms with E-state index < -0.39 is 23.9 Å². The zero-order chi connectivity index (χ0) is 17.9. The number of carbonyl (C=O) groups is 1. The molecule has 1 saturated heterocycles. The lowest BCUT2D eigenvalue weighted by molar-refractivity contribution is 0.00578. The lowest BCUT2D eigenvalue weighted by Crippen LogP contribution is -2.41. The van der Waals surface area contributed by atoms with E-state index in [-0.39, 0.29) is 12.5 Å². The Morgan fingerprint density at radius 2 is 1.88 bits per heavy atom. The summed E-state index contributed by atoms with van der Waals surface area (Å²) in [4.78, 5) is 18.6. The van der Waals surface area contributed by atoms with Gasteiger partial charge in [0.1, 0.15) is 0 Å². The molecule has 0 aliphatic carbocycles. The normalized spacial score (nSPS) is 22.2. The maximum absolute atomic E-state index is 12.6. The third kappa shape index (κ3) is 2.96. The number of pyridine rings is 1. The molecular weight excluding hydrogens is 307 g/mol. The summed E-state index contributed by atoms with van der Waals surface area (Å²) < 4.78 is 12.1. The minimum absolute atomic E-state index is 0.113. The maximum atomic E-state index is 12.6. The van der Waals surface area contributed by atoms with Crippen LogP contribution in [0.5, 0.6) is 0 Å². The zero-order valence-electron chi connectivity index (χ0n) is 15.2. The first-order chi connectivity index (χ1) is 10.9. The maximum Gasteiger partial charge on any atom is 0.496 e. The van der Waals surface area contributed by atoms with Crippen LogP contribution in [0.3, 0.4) is 0 Å². The fourth-order valence-electron chi connectivity index (χ4n) is 2.95. The predicted octanol–water partition coefficient (Wildman–Crippen LogP) is 1.11. The van der Waals surface area contributed by atoms with Gasteiger partial charge in [0.2, 0.25) is 0 Å². The molecule has 24 heavy (non-hydrogen) atoms. The molecule has 3 heterocycles.